The number of oxime groups is 1. The van der Waals surface area contributed by atoms with Crippen molar-refractivity contribution in [3.8, 4) is 0 Å². The number of hydrogen-bond donors (Lipinski definition) is 2. The summed E-state index contributed by atoms with van der Waals surface area (Å²) >= 11 is 0. The van der Waals surface area contributed by atoms with Crippen LogP contribution in [0.4, 0.5) is 0 Å². The van der Waals surface area contributed by atoms with E-state index in [0.717, 1.165) is 57.1 Å². The van der Waals surface area contributed by atoms with E-state index in [9.17, 15) is 15.0 Å². The van der Waals surface area contributed by atoms with E-state index in [4.69, 9.17) is 9.57 Å². The monoisotopic (exact) mass is 351 g/mol. The fourth-order valence-corrected chi connectivity index (χ4v) is 4.80. The van der Waals surface area contributed by atoms with Crippen molar-refractivity contribution in [1.82, 2.24) is 0 Å². The average Bonchev–Trinajstić information content (AvgIpc) is 3.29. The predicted octanol–water partition coefficient (Wildman–Crippen LogP) is 2.21. The van der Waals surface area contributed by atoms with Crippen LogP contribution in [0.2, 0.25) is 0 Å². The van der Waals surface area contributed by atoms with E-state index in [1.165, 1.54) is 7.11 Å². The maximum absolute atomic E-state index is 10.6. The minimum Gasteiger partial charge on any atom is -0.490 e. The van der Waals surface area contributed by atoms with Crippen LogP contribution in [-0.4, -0.2) is 47.3 Å². The Morgan fingerprint density at radius 3 is 2.76 bits per heavy atom. The molecule has 0 aromatic rings. The molecule has 0 aromatic carbocycles. The highest BCUT2D eigenvalue weighted by molar-refractivity contribution is 5.91. The maximum atomic E-state index is 10.6. The van der Waals surface area contributed by atoms with Crippen molar-refractivity contribution in [2.45, 2.75) is 76.1 Å². The molecule has 140 valence electrons. The molecule has 0 aromatic heterocycles. The zero-order valence-corrected chi connectivity index (χ0v) is 14.9. The lowest BCUT2D eigenvalue weighted by Crippen LogP contribution is -2.34. The predicted molar refractivity (Wildman–Crippen MR) is 92.6 cm³/mol. The van der Waals surface area contributed by atoms with Gasteiger partial charge in [0.1, 0.15) is 6.10 Å². The summed E-state index contributed by atoms with van der Waals surface area (Å²) in [7, 11) is 1.49. The summed E-state index contributed by atoms with van der Waals surface area (Å²) < 4.78 is 4.93. The van der Waals surface area contributed by atoms with Crippen molar-refractivity contribution >= 4 is 11.7 Å². The van der Waals surface area contributed by atoms with E-state index in [1.807, 2.05) is 5.94 Å². The zero-order chi connectivity index (χ0) is 17.8. The number of ether oxygens (including phenoxy) is 1. The molecule has 1 heterocycles. The Morgan fingerprint density at radius 2 is 2.00 bits per heavy atom. The number of aliphatic hydroxyl groups excluding tert-OH is 2. The summed E-state index contributed by atoms with van der Waals surface area (Å²) in [6.07, 6.45) is 7.17. The molecule has 3 rings (SSSR count). The molecule has 2 N–H and O–H groups in total. The number of methoxy groups -OCH3 is 1. The molecule has 6 heteroatoms. The third-order valence-electron chi connectivity index (χ3n) is 6.16. The van der Waals surface area contributed by atoms with Gasteiger partial charge in [-0.1, -0.05) is 18.0 Å². The number of allylic oxidation sites excluding steroid dienone is 1. The third kappa shape index (κ3) is 3.91. The lowest BCUT2D eigenvalue weighted by atomic mass is 9.80. The van der Waals surface area contributed by atoms with Crippen molar-refractivity contribution in [3.63, 3.8) is 0 Å². The largest absolute Gasteiger partial charge is 0.490 e. The van der Waals surface area contributed by atoms with Crippen LogP contribution in [0.5, 0.6) is 0 Å². The molecule has 2 aliphatic carbocycles. The Hall–Kier alpha value is -1.36. The molecule has 0 amide bonds. The Bertz CT molecular complexity index is 542. The fourth-order valence-electron chi connectivity index (χ4n) is 4.80. The Kier molecular flexibility index (Phi) is 6.15. The van der Waals surface area contributed by atoms with Crippen LogP contribution < -0.4 is 0 Å². The first kappa shape index (κ1) is 18.4. The van der Waals surface area contributed by atoms with E-state index in [1.54, 1.807) is 0 Å². The van der Waals surface area contributed by atoms with Gasteiger partial charge in [0.2, 0.25) is 0 Å². The second kappa shape index (κ2) is 8.35. The molecule has 0 saturated heterocycles. The molecule has 6 nitrogen and oxygen atoms in total. The van der Waals surface area contributed by atoms with Crippen LogP contribution >= 0.6 is 0 Å². The first-order valence-corrected chi connectivity index (χ1v) is 9.53. The van der Waals surface area contributed by atoms with Crippen LogP contribution in [0.3, 0.4) is 0 Å². The molecule has 0 spiro atoms. The summed E-state index contributed by atoms with van der Waals surface area (Å²) in [6.45, 7) is 0. The van der Waals surface area contributed by atoms with Gasteiger partial charge in [0, 0.05) is 12.3 Å². The van der Waals surface area contributed by atoms with Crippen LogP contribution in [-0.2, 0) is 14.4 Å². The molecule has 6 atom stereocenters. The molecule has 25 heavy (non-hydrogen) atoms. The maximum Gasteiger partial charge on any atom is 0.179 e. The van der Waals surface area contributed by atoms with Crippen LogP contribution in [0.25, 0.3) is 0 Å². The second-order valence-electron chi connectivity index (χ2n) is 7.57. The average molecular weight is 351 g/mol. The lowest BCUT2D eigenvalue weighted by molar-refractivity contribution is 0.0580. The highest BCUT2D eigenvalue weighted by Crippen LogP contribution is 2.44. The zero-order valence-electron chi connectivity index (χ0n) is 14.9. The van der Waals surface area contributed by atoms with Crippen LogP contribution in [0, 0.1) is 17.8 Å². The third-order valence-corrected chi connectivity index (χ3v) is 6.16. The van der Waals surface area contributed by atoms with Gasteiger partial charge in [-0.2, -0.15) is 0 Å². The molecule has 1 aliphatic heterocycles. The molecular formula is C19H29NO5. The van der Waals surface area contributed by atoms with E-state index >= 15 is 0 Å². The van der Waals surface area contributed by atoms with Gasteiger partial charge in [0.05, 0.1) is 30.9 Å². The number of aliphatic hydroxyl groups is 2. The standard InChI is InChI=1S/C19H29NO5/c1-24-12(11-21)5-3-2-4-6-13-14(7-8-15(13)22)19-18-16(23)9-10-17(18)25-20-19/h13-18,22-23H,2-10H2,1H3. The van der Waals surface area contributed by atoms with E-state index in [-0.39, 0.29) is 36.1 Å². The van der Waals surface area contributed by atoms with Gasteiger partial charge < -0.3 is 19.8 Å². The molecule has 0 bridgehead atoms. The first-order chi connectivity index (χ1) is 12.2. The SMILES string of the molecule is COC(=C=O)CCCCCC1C(O)CCC1C1=NOC2CCC(O)C12. The van der Waals surface area contributed by atoms with Crippen molar-refractivity contribution in [2.75, 3.05) is 7.11 Å². The summed E-state index contributed by atoms with van der Waals surface area (Å²) in [5, 5.41) is 25.0. The quantitative estimate of drug-likeness (QED) is 0.398. The second-order valence-corrected chi connectivity index (χ2v) is 7.57. The van der Waals surface area contributed by atoms with Gasteiger partial charge in [-0.3, -0.25) is 0 Å². The van der Waals surface area contributed by atoms with Gasteiger partial charge in [0.15, 0.2) is 11.7 Å². The van der Waals surface area contributed by atoms with Crippen molar-refractivity contribution in [2.24, 2.45) is 22.9 Å². The minimum atomic E-state index is -0.354. The first-order valence-electron chi connectivity index (χ1n) is 9.53. The number of rotatable bonds is 8. The molecular weight excluding hydrogens is 322 g/mol. The number of nitrogens with zero attached hydrogens (tertiary/aromatic N) is 1. The molecule has 2 saturated carbocycles. The summed E-state index contributed by atoms with van der Waals surface area (Å²) in [4.78, 5) is 16.1. The smallest absolute Gasteiger partial charge is 0.179 e. The van der Waals surface area contributed by atoms with Crippen molar-refractivity contribution < 1.29 is 24.6 Å². The van der Waals surface area contributed by atoms with Crippen molar-refractivity contribution in [1.29, 1.82) is 0 Å². The van der Waals surface area contributed by atoms with Gasteiger partial charge in [0.25, 0.3) is 0 Å². The minimum absolute atomic E-state index is 0.0276. The van der Waals surface area contributed by atoms with E-state index in [0.29, 0.717) is 12.2 Å². The van der Waals surface area contributed by atoms with Crippen LogP contribution in [0.15, 0.2) is 10.9 Å². The Morgan fingerprint density at radius 1 is 1.20 bits per heavy atom. The normalized spacial score (nSPS) is 36.5. The summed E-state index contributed by atoms with van der Waals surface area (Å²) in [5.41, 5.74) is 0.988. The topological polar surface area (TPSA) is 88.4 Å². The number of fused-ring (bicyclic) bond motifs is 1. The fraction of sp³-hybridized carbons (Fsp3) is 0.842. The summed E-state index contributed by atoms with van der Waals surface area (Å²) in [5.74, 6) is 2.63. The van der Waals surface area contributed by atoms with Gasteiger partial charge >= 0.3 is 0 Å². The van der Waals surface area contributed by atoms with Crippen molar-refractivity contribution in [3.05, 3.63) is 5.76 Å². The van der Waals surface area contributed by atoms with Gasteiger partial charge in [-0.05, 0) is 44.4 Å². The van der Waals surface area contributed by atoms with Crippen LogP contribution in [0.1, 0.15) is 57.8 Å². The lowest BCUT2D eigenvalue weighted by Gasteiger charge is -2.25. The van der Waals surface area contributed by atoms with Gasteiger partial charge in [-0.15, -0.1) is 0 Å². The number of unbranched alkanes of at least 4 members (excludes halogenated alkanes) is 2. The van der Waals surface area contributed by atoms with E-state index in [2.05, 4.69) is 5.16 Å². The van der Waals surface area contributed by atoms with Gasteiger partial charge in [-0.25, -0.2) is 4.79 Å². The highest BCUT2D eigenvalue weighted by Gasteiger charge is 2.50. The number of carbonyl (C=O) groups excluding carboxylic acids is 1. The van der Waals surface area contributed by atoms with E-state index < -0.39 is 0 Å². The molecule has 6 unspecified atom stereocenters. The molecule has 0 radical (unpaired) electrons. The Balaban J connectivity index is 1.51. The highest BCUT2D eigenvalue weighted by atomic mass is 16.6. The summed E-state index contributed by atoms with van der Waals surface area (Å²) in [6, 6.07) is 0. The molecule has 2 fully saturated rings. The molecule has 3 aliphatic rings. The Labute approximate surface area is 148 Å². The number of hydrogen-bond acceptors (Lipinski definition) is 6.